The lowest BCUT2D eigenvalue weighted by Crippen LogP contribution is -2.60. The van der Waals surface area contributed by atoms with Crippen LogP contribution in [0.2, 0.25) is 0 Å². The van der Waals surface area contributed by atoms with Crippen LogP contribution in [-0.2, 0) is 11.2 Å². The molecule has 0 atom stereocenters. The van der Waals surface area contributed by atoms with Crippen molar-refractivity contribution in [2.45, 2.75) is 91.3 Å². The molecule has 1 aliphatic rings. The summed E-state index contributed by atoms with van der Waals surface area (Å²) in [5.41, 5.74) is 1.37. The number of benzene rings is 1. The minimum Gasteiger partial charge on any atom is -0.431 e. The number of hydroxylamine groups is 2. The summed E-state index contributed by atoms with van der Waals surface area (Å²) < 4.78 is 10.8. The molecule has 1 fully saturated rings. The van der Waals surface area contributed by atoms with Gasteiger partial charge < -0.3 is 14.3 Å². The van der Waals surface area contributed by atoms with Gasteiger partial charge in [-0.2, -0.15) is 0 Å². The van der Waals surface area contributed by atoms with Gasteiger partial charge in [0.15, 0.2) is 11.5 Å². The molecule has 0 saturated carbocycles. The molecule has 0 amide bonds. The highest BCUT2D eigenvalue weighted by atomic mass is 16.7. The number of nitrogens with zero attached hydrogens (tertiary/aromatic N) is 1. The Bertz CT molecular complexity index is 706. The van der Waals surface area contributed by atoms with Gasteiger partial charge in [0.1, 0.15) is 0 Å². The Labute approximate surface area is 169 Å². The molecule has 1 heterocycles. The predicted octanol–water partition coefficient (Wildman–Crippen LogP) is 6.15. The van der Waals surface area contributed by atoms with Crippen molar-refractivity contribution in [1.29, 1.82) is 0 Å². The molecule has 5 heteroatoms. The Kier molecular flexibility index (Phi) is 6.81. The molecule has 156 valence electrons. The van der Waals surface area contributed by atoms with E-state index in [0.717, 1.165) is 31.2 Å². The second-order valence-corrected chi connectivity index (χ2v) is 8.91. The monoisotopic (exact) mass is 389 g/mol. The summed E-state index contributed by atoms with van der Waals surface area (Å²) in [6.07, 6.45) is 4.62. The van der Waals surface area contributed by atoms with Crippen LogP contribution in [0.5, 0.6) is 11.5 Å². The highest BCUT2D eigenvalue weighted by molar-refractivity contribution is 5.71. The summed E-state index contributed by atoms with van der Waals surface area (Å²) in [5, 5.41) is 2.06. The van der Waals surface area contributed by atoms with Crippen LogP contribution < -0.4 is 9.57 Å². The summed E-state index contributed by atoms with van der Waals surface area (Å²) >= 11 is 0. The molecule has 0 aromatic heterocycles. The summed E-state index contributed by atoms with van der Waals surface area (Å²) in [6.45, 7) is 18.2. The van der Waals surface area contributed by atoms with Crippen LogP contribution in [0.25, 0.3) is 6.08 Å². The minimum absolute atomic E-state index is 0.146. The Morgan fingerprint density at radius 3 is 2.29 bits per heavy atom. The van der Waals surface area contributed by atoms with E-state index in [1.54, 1.807) is 19.9 Å². The maximum atomic E-state index is 12.2. The van der Waals surface area contributed by atoms with E-state index in [9.17, 15) is 4.79 Å². The number of piperidine rings is 1. The van der Waals surface area contributed by atoms with E-state index in [1.165, 1.54) is 0 Å². The third kappa shape index (κ3) is 4.88. The highest BCUT2D eigenvalue weighted by Crippen LogP contribution is 2.43. The minimum atomic E-state index is -0.742. The molecular weight excluding hydrogens is 354 g/mol. The van der Waals surface area contributed by atoms with Crippen LogP contribution in [0.15, 0.2) is 18.7 Å². The van der Waals surface area contributed by atoms with E-state index >= 15 is 0 Å². The Hall–Kier alpha value is -2.01. The largest absolute Gasteiger partial charge is 0.514 e. The van der Waals surface area contributed by atoms with Crippen molar-refractivity contribution in [3.8, 4) is 11.5 Å². The molecule has 5 nitrogen and oxygen atoms in total. The fraction of sp³-hybridized carbons (Fsp3) is 0.609. The Balaban J connectivity index is 2.51. The van der Waals surface area contributed by atoms with Gasteiger partial charge in [-0.3, -0.25) is 0 Å². The van der Waals surface area contributed by atoms with E-state index in [1.807, 2.05) is 12.1 Å². The molecule has 1 aliphatic heterocycles. The van der Waals surface area contributed by atoms with Crippen LogP contribution in [0.4, 0.5) is 4.79 Å². The number of hydrogen-bond donors (Lipinski definition) is 0. The van der Waals surface area contributed by atoms with Crippen molar-refractivity contribution in [2.24, 2.45) is 0 Å². The van der Waals surface area contributed by atoms with Crippen LogP contribution >= 0.6 is 0 Å². The maximum absolute atomic E-state index is 12.2. The summed E-state index contributed by atoms with van der Waals surface area (Å²) in [7, 11) is 0. The zero-order chi connectivity index (χ0) is 21.1. The maximum Gasteiger partial charge on any atom is 0.514 e. The molecule has 0 bridgehead atoms. The number of hydrogen-bond acceptors (Lipinski definition) is 5. The first-order valence-electron chi connectivity index (χ1n) is 10.2. The average molecular weight is 390 g/mol. The lowest BCUT2D eigenvalue weighted by atomic mass is 9.82. The molecule has 2 rings (SSSR count). The van der Waals surface area contributed by atoms with Gasteiger partial charge in [-0.05, 0) is 67.2 Å². The van der Waals surface area contributed by atoms with Gasteiger partial charge in [-0.1, -0.05) is 31.7 Å². The van der Waals surface area contributed by atoms with Gasteiger partial charge in [-0.25, -0.2) is 4.79 Å². The molecule has 1 aromatic rings. The van der Waals surface area contributed by atoms with E-state index in [4.69, 9.17) is 14.3 Å². The Morgan fingerprint density at radius 1 is 1.18 bits per heavy atom. The van der Waals surface area contributed by atoms with E-state index in [2.05, 4.69) is 46.3 Å². The lowest BCUT2D eigenvalue weighted by molar-refractivity contribution is -0.217. The zero-order valence-corrected chi connectivity index (χ0v) is 18.4. The molecular formula is C23H35NO4. The molecule has 0 radical (unpaired) electrons. The van der Waals surface area contributed by atoms with Crippen molar-refractivity contribution in [3.05, 3.63) is 29.8 Å². The number of ether oxygens (including phenoxy) is 2. The quantitative estimate of drug-likeness (QED) is 0.431. The van der Waals surface area contributed by atoms with Crippen LogP contribution in [0.3, 0.4) is 0 Å². The fourth-order valence-corrected chi connectivity index (χ4v) is 3.88. The molecule has 0 unspecified atom stereocenters. The highest BCUT2D eigenvalue weighted by Gasteiger charge is 2.44. The zero-order valence-electron chi connectivity index (χ0n) is 18.4. The van der Waals surface area contributed by atoms with Gasteiger partial charge >= 0.3 is 6.16 Å². The molecule has 1 aromatic carbocycles. The fourth-order valence-electron chi connectivity index (χ4n) is 3.88. The van der Waals surface area contributed by atoms with Gasteiger partial charge in [0.2, 0.25) is 0 Å². The Morgan fingerprint density at radius 2 is 1.79 bits per heavy atom. The standard InChI is InChI=1S/C23H35NO4/c1-9-17-12-13-18(10-2)20(19(17)27-21(25)26-16(3)4)28-24-22(5,6)14-11-15-23(24,7)8/h9,12-13,16H,1,10-11,14-15H2,2-8H3. The molecule has 0 N–H and O–H groups in total. The van der Waals surface area contributed by atoms with Crippen LogP contribution in [0, 0.1) is 0 Å². The van der Waals surface area contributed by atoms with Crippen molar-refractivity contribution in [2.75, 3.05) is 0 Å². The number of aryl methyl sites for hydroxylation is 1. The van der Waals surface area contributed by atoms with Gasteiger partial charge in [-0.15, -0.1) is 5.06 Å². The SMILES string of the molecule is C=Cc1ccc(CC)c(ON2C(C)(C)CCCC2(C)C)c1OC(=O)OC(C)C. The normalized spacial score (nSPS) is 18.6. The molecule has 0 spiro atoms. The molecule has 0 aliphatic carbocycles. The first kappa shape index (κ1) is 22.3. The predicted molar refractivity (Wildman–Crippen MR) is 113 cm³/mol. The number of carbonyl (C=O) groups is 1. The second-order valence-electron chi connectivity index (χ2n) is 8.91. The second kappa shape index (κ2) is 8.56. The van der Waals surface area contributed by atoms with Crippen molar-refractivity contribution < 1.29 is 19.1 Å². The topological polar surface area (TPSA) is 48.0 Å². The van der Waals surface area contributed by atoms with Crippen LogP contribution in [-0.4, -0.2) is 28.4 Å². The van der Waals surface area contributed by atoms with Crippen molar-refractivity contribution >= 4 is 12.2 Å². The number of rotatable bonds is 6. The summed E-state index contributed by atoms with van der Waals surface area (Å²) in [5.74, 6) is 0.917. The number of carbonyl (C=O) groups excluding carboxylic acids is 1. The van der Waals surface area contributed by atoms with E-state index in [-0.39, 0.29) is 17.2 Å². The van der Waals surface area contributed by atoms with E-state index in [0.29, 0.717) is 17.1 Å². The third-order valence-corrected chi connectivity index (χ3v) is 5.20. The molecule has 28 heavy (non-hydrogen) atoms. The third-order valence-electron chi connectivity index (χ3n) is 5.20. The first-order valence-corrected chi connectivity index (χ1v) is 10.2. The summed E-state index contributed by atoms with van der Waals surface area (Å²) in [6, 6.07) is 3.89. The van der Waals surface area contributed by atoms with Gasteiger partial charge in [0.05, 0.1) is 17.2 Å². The van der Waals surface area contributed by atoms with Crippen LogP contribution in [0.1, 0.15) is 78.9 Å². The van der Waals surface area contributed by atoms with E-state index < -0.39 is 6.16 Å². The smallest absolute Gasteiger partial charge is 0.431 e. The first-order chi connectivity index (χ1) is 13.0. The average Bonchev–Trinajstić information content (AvgIpc) is 2.57. The van der Waals surface area contributed by atoms with Gasteiger partial charge in [0.25, 0.3) is 0 Å². The lowest BCUT2D eigenvalue weighted by Gasteiger charge is -2.51. The van der Waals surface area contributed by atoms with Gasteiger partial charge in [0, 0.05) is 11.1 Å². The van der Waals surface area contributed by atoms with Crippen molar-refractivity contribution in [1.82, 2.24) is 5.06 Å². The van der Waals surface area contributed by atoms with Crippen molar-refractivity contribution in [3.63, 3.8) is 0 Å². The summed E-state index contributed by atoms with van der Waals surface area (Å²) in [4.78, 5) is 18.8. The molecule has 1 saturated heterocycles.